The molecular formula is C23H21N3S. The van der Waals surface area contributed by atoms with Crippen molar-refractivity contribution >= 4 is 11.8 Å². The van der Waals surface area contributed by atoms with Crippen LogP contribution in [0.2, 0.25) is 0 Å². The lowest BCUT2D eigenvalue weighted by atomic mass is 10.2. The number of aryl methyl sites for hydroxylation is 2. The Morgan fingerprint density at radius 3 is 2.26 bits per heavy atom. The fraction of sp³-hybridized carbons (Fsp3) is 0.130. The third-order valence-electron chi connectivity index (χ3n) is 4.38. The molecule has 1 heterocycles. The molecule has 4 aromatic rings. The minimum absolute atomic E-state index is 0.862. The molecule has 0 saturated carbocycles. The van der Waals surface area contributed by atoms with Gasteiger partial charge in [0.15, 0.2) is 11.0 Å². The number of rotatable bonds is 5. The van der Waals surface area contributed by atoms with E-state index in [0.717, 1.165) is 28.0 Å². The topological polar surface area (TPSA) is 30.7 Å². The monoisotopic (exact) mass is 371 g/mol. The normalized spacial score (nSPS) is 10.9. The van der Waals surface area contributed by atoms with E-state index in [1.165, 1.54) is 16.7 Å². The second-order valence-electron chi connectivity index (χ2n) is 6.62. The first-order valence-corrected chi connectivity index (χ1v) is 9.95. The van der Waals surface area contributed by atoms with Gasteiger partial charge in [-0.2, -0.15) is 0 Å². The molecule has 0 aliphatic rings. The van der Waals surface area contributed by atoms with Crippen LogP contribution in [0.25, 0.3) is 17.1 Å². The molecule has 134 valence electrons. The van der Waals surface area contributed by atoms with Crippen LogP contribution < -0.4 is 0 Å². The maximum absolute atomic E-state index is 4.51. The lowest BCUT2D eigenvalue weighted by Gasteiger charge is -2.11. The molecule has 0 aliphatic carbocycles. The molecule has 4 heteroatoms. The van der Waals surface area contributed by atoms with E-state index in [-0.39, 0.29) is 0 Å². The van der Waals surface area contributed by atoms with Crippen LogP contribution in [0.5, 0.6) is 0 Å². The van der Waals surface area contributed by atoms with Gasteiger partial charge in [0.1, 0.15) is 0 Å². The zero-order chi connectivity index (χ0) is 18.6. The second-order valence-corrected chi connectivity index (χ2v) is 7.57. The minimum atomic E-state index is 0.862. The van der Waals surface area contributed by atoms with Crippen LogP contribution in [0.15, 0.2) is 84.0 Å². The molecule has 1 aromatic heterocycles. The van der Waals surface area contributed by atoms with E-state index in [1.807, 2.05) is 18.2 Å². The highest BCUT2D eigenvalue weighted by Crippen LogP contribution is 2.30. The molecule has 4 rings (SSSR count). The van der Waals surface area contributed by atoms with E-state index in [4.69, 9.17) is 0 Å². The maximum atomic E-state index is 4.51. The van der Waals surface area contributed by atoms with E-state index >= 15 is 0 Å². The van der Waals surface area contributed by atoms with Crippen molar-refractivity contribution in [2.24, 2.45) is 0 Å². The molecule has 0 aliphatic heterocycles. The van der Waals surface area contributed by atoms with Gasteiger partial charge in [-0.25, -0.2) is 0 Å². The number of aromatic nitrogens is 3. The van der Waals surface area contributed by atoms with Gasteiger partial charge in [0.2, 0.25) is 0 Å². The molecule has 27 heavy (non-hydrogen) atoms. The van der Waals surface area contributed by atoms with Crippen LogP contribution in [-0.2, 0) is 5.75 Å². The standard InChI is InChI=1S/C23H21N3S/c1-17-8-6-10-19(14-17)16-27-23-25-24-22(20-11-4-3-5-12-20)26(23)21-13-7-9-18(2)15-21/h3-15H,16H2,1-2H3. The van der Waals surface area contributed by atoms with Gasteiger partial charge >= 0.3 is 0 Å². The molecule has 0 N–H and O–H groups in total. The van der Waals surface area contributed by atoms with Gasteiger partial charge in [0.05, 0.1) is 0 Å². The number of nitrogens with zero attached hydrogens (tertiary/aromatic N) is 3. The zero-order valence-corrected chi connectivity index (χ0v) is 16.3. The summed E-state index contributed by atoms with van der Waals surface area (Å²) in [5.41, 5.74) is 5.94. The Hall–Kier alpha value is -2.85. The quantitative estimate of drug-likeness (QED) is 0.413. The number of hydrogen-bond acceptors (Lipinski definition) is 3. The number of thioether (sulfide) groups is 1. The first-order valence-electron chi connectivity index (χ1n) is 8.97. The van der Waals surface area contributed by atoms with Crippen molar-refractivity contribution in [2.45, 2.75) is 24.8 Å². The Morgan fingerprint density at radius 2 is 1.52 bits per heavy atom. The van der Waals surface area contributed by atoms with Crippen molar-refractivity contribution in [3.05, 3.63) is 95.6 Å². The fourth-order valence-corrected chi connectivity index (χ4v) is 3.98. The third-order valence-corrected chi connectivity index (χ3v) is 5.38. The molecule has 3 aromatic carbocycles. The average molecular weight is 372 g/mol. The Kier molecular flexibility index (Phi) is 5.07. The molecule has 0 radical (unpaired) electrons. The molecule has 3 nitrogen and oxygen atoms in total. The highest BCUT2D eigenvalue weighted by Gasteiger charge is 2.16. The summed E-state index contributed by atoms with van der Waals surface area (Å²) in [7, 11) is 0. The van der Waals surface area contributed by atoms with E-state index in [2.05, 4.69) is 89.3 Å². The van der Waals surface area contributed by atoms with E-state index in [1.54, 1.807) is 11.8 Å². The summed E-state index contributed by atoms with van der Waals surface area (Å²) in [6.07, 6.45) is 0. The molecule has 0 bridgehead atoms. The summed E-state index contributed by atoms with van der Waals surface area (Å²) in [4.78, 5) is 0. The van der Waals surface area contributed by atoms with Crippen LogP contribution in [0.3, 0.4) is 0 Å². The van der Waals surface area contributed by atoms with Crippen LogP contribution in [-0.4, -0.2) is 14.8 Å². The van der Waals surface area contributed by atoms with E-state index in [0.29, 0.717) is 0 Å². The minimum Gasteiger partial charge on any atom is -0.270 e. The molecule has 0 unspecified atom stereocenters. The second kappa shape index (κ2) is 7.80. The number of hydrogen-bond donors (Lipinski definition) is 0. The Labute approximate surface area is 164 Å². The highest BCUT2D eigenvalue weighted by molar-refractivity contribution is 7.98. The van der Waals surface area contributed by atoms with Gasteiger partial charge in [0.25, 0.3) is 0 Å². The van der Waals surface area contributed by atoms with E-state index in [9.17, 15) is 0 Å². The van der Waals surface area contributed by atoms with Crippen molar-refractivity contribution in [3.63, 3.8) is 0 Å². The van der Waals surface area contributed by atoms with Crippen LogP contribution in [0, 0.1) is 13.8 Å². The SMILES string of the molecule is Cc1cccc(CSc2nnc(-c3ccccc3)n2-c2cccc(C)c2)c1. The van der Waals surface area contributed by atoms with Crippen LogP contribution in [0.1, 0.15) is 16.7 Å². The summed E-state index contributed by atoms with van der Waals surface area (Å²) in [5.74, 6) is 1.73. The van der Waals surface area contributed by atoms with Gasteiger partial charge < -0.3 is 0 Å². The van der Waals surface area contributed by atoms with Crippen molar-refractivity contribution in [3.8, 4) is 17.1 Å². The highest BCUT2D eigenvalue weighted by atomic mass is 32.2. The summed E-state index contributed by atoms with van der Waals surface area (Å²) >= 11 is 1.71. The summed E-state index contributed by atoms with van der Waals surface area (Å²) in [6, 6.07) is 27.3. The molecule has 0 atom stereocenters. The largest absolute Gasteiger partial charge is 0.270 e. The van der Waals surface area contributed by atoms with Crippen molar-refractivity contribution < 1.29 is 0 Å². The van der Waals surface area contributed by atoms with Gasteiger partial charge in [-0.1, -0.05) is 84.1 Å². The lowest BCUT2D eigenvalue weighted by molar-refractivity contribution is 0.885. The first-order chi connectivity index (χ1) is 13.2. The predicted octanol–water partition coefficient (Wildman–Crippen LogP) is 5.84. The summed E-state index contributed by atoms with van der Waals surface area (Å²) in [6.45, 7) is 4.23. The predicted molar refractivity (Wildman–Crippen MR) is 112 cm³/mol. The summed E-state index contributed by atoms with van der Waals surface area (Å²) < 4.78 is 2.16. The maximum Gasteiger partial charge on any atom is 0.196 e. The van der Waals surface area contributed by atoms with Gasteiger partial charge in [0, 0.05) is 17.0 Å². The van der Waals surface area contributed by atoms with Crippen molar-refractivity contribution in [1.29, 1.82) is 0 Å². The van der Waals surface area contributed by atoms with Crippen LogP contribution in [0.4, 0.5) is 0 Å². The smallest absolute Gasteiger partial charge is 0.196 e. The fourth-order valence-electron chi connectivity index (χ4n) is 3.09. The molecule has 0 spiro atoms. The lowest BCUT2D eigenvalue weighted by Crippen LogP contribution is -2.00. The molecule has 0 amide bonds. The Balaban J connectivity index is 1.74. The summed E-state index contributed by atoms with van der Waals surface area (Å²) in [5, 5.41) is 9.93. The van der Waals surface area contributed by atoms with Gasteiger partial charge in [-0.05, 0) is 37.1 Å². The average Bonchev–Trinajstić information content (AvgIpc) is 3.11. The van der Waals surface area contributed by atoms with Crippen molar-refractivity contribution in [1.82, 2.24) is 14.8 Å². The third kappa shape index (κ3) is 3.96. The number of benzene rings is 3. The zero-order valence-electron chi connectivity index (χ0n) is 15.5. The Morgan fingerprint density at radius 1 is 0.778 bits per heavy atom. The first kappa shape index (κ1) is 17.6. The Bertz CT molecular complexity index is 1050. The molecule has 0 saturated heterocycles. The van der Waals surface area contributed by atoms with E-state index < -0.39 is 0 Å². The van der Waals surface area contributed by atoms with Gasteiger partial charge in [-0.3, -0.25) is 4.57 Å². The molecular weight excluding hydrogens is 350 g/mol. The van der Waals surface area contributed by atoms with Gasteiger partial charge in [-0.15, -0.1) is 10.2 Å². The van der Waals surface area contributed by atoms with Crippen LogP contribution >= 0.6 is 11.8 Å². The van der Waals surface area contributed by atoms with Crippen molar-refractivity contribution in [2.75, 3.05) is 0 Å². The molecule has 0 fully saturated rings.